The highest BCUT2D eigenvalue weighted by molar-refractivity contribution is 7.99. The van der Waals surface area contributed by atoms with E-state index in [1.165, 1.54) is 11.1 Å². The summed E-state index contributed by atoms with van der Waals surface area (Å²) in [5, 5.41) is 20.5. The first-order valence-corrected chi connectivity index (χ1v) is 28.2. The lowest BCUT2D eigenvalue weighted by Gasteiger charge is -2.38. The summed E-state index contributed by atoms with van der Waals surface area (Å²) in [5.41, 5.74) is 2.39. The maximum atomic E-state index is 10.3. The summed E-state index contributed by atoms with van der Waals surface area (Å²) in [4.78, 5) is 0. The summed E-state index contributed by atoms with van der Waals surface area (Å²) < 4.78 is 25.1. The van der Waals surface area contributed by atoms with Crippen LogP contribution in [0.3, 0.4) is 0 Å². The number of ether oxygens (including phenoxy) is 2. The molecule has 2 aromatic rings. The summed E-state index contributed by atoms with van der Waals surface area (Å²) >= 11 is 3.43. The molecule has 47 heavy (non-hydrogen) atoms. The van der Waals surface area contributed by atoms with Crippen LogP contribution in [0.1, 0.15) is 24.0 Å². The molecule has 0 amide bonds. The lowest BCUT2D eigenvalue weighted by molar-refractivity contribution is 0.0486. The van der Waals surface area contributed by atoms with Crippen molar-refractivity contribution in [1.82, 2.24) is 0 Å². The molecule has 0 saturated carbocycles. The van der Waals surface area contributed by atoms with Crippen molar-refractivity contribution in [3.8, 4) is 0 Å². The summed E-state index contributed by atoms with van der Waals surface area (Å²) in [7, 11) is -6.13. The van der Waals surface area contributed by atoms with Crippen LogP contribution in [0.2, 0.25) is 51.4 Å². The molecule has 0 aliphatic heterocycles. The normalized spacial score (nSPS) is 14.3. The van der Waals surface area contributed by atoms with Gasteiger partial charge >= 0.3 is 8.56 Å². The molecule has 0 aromatic heterocycles. The van der Waals surface area contributed by atoms with Crippen LogP contribution in [0, 0.1) is 0 Å². The zero-order valence-electron chi connectivity index (χ0n) is 29.6. The fourth-order valence-corrected chi connectivity index (χ4v) is 20.7. The van der Waals surface area contributed by atoms with Gasteiger partial charge in [-0.3, -0.25) is 0 Å². The van der Waals surface area contributed by atoms with Crippen molar-refractivity contribution in [1.29, 1.82) is 0 Å². The molecule has 0 fully saturated rings. The number of aliphatic hydroxyl groups excluding tert-OH is 2. The summed E-state index contributed by atoms with van der Waals surface area (Å²) in [6.07, 6.45) is 9.44. The number of aliphatic hydroxyl groups is 2. The van der Waals surface area contributed by atoms with Crippen LogP contribution < -0.4 is 0 Å². The Bertz CT molecular complexity index is 1050. The van der Waals surface area contributed by atoms with Gasteiger partial charge in [0.2, 0.25) is 0 Å². The third kappa shape index (κ3) is 22.4. The van der Waals surface area contributed by atoms with E-state index >= 15 is 0 Å². The Labute approximate surface area is 297 Å². The van der Waals surface area contributed by atoms with E-state index in [-0.39, 0.29) is 0 Å². The smallest absolute Gasteiger partial charge is 0.311 e. The van der Waals surface area contributed by atoms with E-state index in [1.54, 1.807) is 23.5 Å². The molecule has 0 heterocycles. The number of hydrogen-bond acceptors (Lipinski definition) is 8. The number of benzene rings is 2. The van der Waals surface area contributed by atoms with E-state index in [0.29, 0.717) is 37.9 Å². The second-order valence-corrected chi connectivity index (χ2v) is 28.1. The first kappa shape index (κ1) is 42.2. The molecule has 0 spiro atoms. The molecule has 11 heteroatoms. The van der Waals surface area contributed by atoms with E-state index in [9.17, 15) is 10.2 Å². The van der Waals surface area contributed by atoms with Crippen LogP contribution in [0.5, 0.6) is 0 Å². The van der Waals surface area contributed by atoms with Gasteiger partial charge in [0, 0.05) is 36.2 Å². The molecule has 2 aromatic carbocycles. The number of hydrogen-bond donors (Lipinski definition) is 2. The molecule has 0 aliphatic rings. The predicted octanol–water partition coefficient (Wildman–Crippen LogP) is 8.56. The van der Waals surface area contributed by atoms with Crippen LogP contribution >= 0.6 is 23.5 Å². The molecule has 2 rings (SSSR count). The van der Waals surface area contributed by atoms with Gasteiger partial charge < -0.3 is 27.9 Å². The Kier molecular flexibility index (Phi) is 21.0. The van der Waals surface area contributed by atoms with E-state index < -0.39 is 37.4 Å². The van der Waals surface area contributed by atoms with Crippen molar-refractivity contribution in [2.45, 2.75) is 76.4 Å². The summed E-state index contributed by atoms with van der Waals surface area (Å²) in [6, 6.07) is 22.5. The highest BCUT2D eigenvalue weighted by Gasteiger charge is 2.39. The third-order valence-corrected chi connectivity index (χ3v) is 20.6. The van der Waals surface area contributed by atoms with Crippen molar-refractivity contribution in [2.75, 3.05) is 49.4 Å². The molecule has 0 radical (unpaired) electrons. The second kappa shape index (κ2) is 23.4. The molecule has 0 bridgehead atoms. The average molecular weight is 737 g/mol. The molecule has 2 N–H and O–H groups in total. The Morgan fingerprint density at radius 3 is 1.38 bits per heavy atom. The summed E-state index contributed by atoms with van der Waals surface area (Å²) in [6.45, 7) is 15.4. The Hall–Kier alpha value is -0.969. The summed E-state index contributed by atoms with van der Waals surface area (Å²) in [5.74, 6) is 3.08. The minimum absolute atomic E-state index is 0.371. The highest BCUT2D eigenvalue weighted by Crippen LogP contribution is 2.26. The molecule has 2 unspecified atom stereocenters. The lowest BCUT2D eigenvalue weighted by atomic mass is 10.2. The largest absolute Gasteiger partial charge is 0.437 e. The van der Waals surface area contributed by atoms with Crippen LogP contribution in [-0.2, 0) is 17.7 Å². The van der Waals surface area contributed by atoms with Crippen LogP contribution in [0.25, 0.3) is 12.2 Å². The minimum Gasteiger partial charge on any atom is -0.437 e. The molecule has 264 valence electrons. The van der Waals surface area contributed by atoms with Crippen molar-refractivity contribution in [3.05, 3.63) is 83.9 Å². The minimum atomic E-state index is -2.29. The Balaban J connectivity index is 1.51. The van der Waals surface area contributed by atoms with E-state index in [1.807, 2.05) is 36.4 Å². The van der Waals surface area contributed by atoms with E-state index in [4.69, 9.17) is 17.7 Å². The van der Waals surface area contributed by atoms with Gasteiger partial charge in [-0.1, -0.05) is 85.0 Å². The highest BCUT2D eigenvalue weighted by atomic mass is 32.2. The van der Waals surface area contributed by atoms with Crippen LogP contribution in [0.15, 0.2) is 72.8 Å². The SMILES string of the molecule is C[Si](C)(CCCOCC(O)CSCC=Cc1ccccc1)O[Si](C)(C)O[Si](C)(C)CCCOCC(O)CSCC=Cc1ccccc1. The van der Waals surface area contributed by atoms with Gasteiger partial charge in [0.05, 0.1) is 25.4 Å². The van der Waals surface area contributed by atoms with Gasteiger partial charge in [-0.15, -0.1) is 0 Å². The van der Waals surface area contributed by atoms with Gasteiger partial charge in [-0.05, 0) is 75.3 Å². The quantitative estimate of drug-likeness (QED) is 0.0736. The van der Waals surface area contributed by atoms with Crippen molar-refractivity contribution in [3.63, 3.8) is 0 Å². The monoisotopic (exact) mass is 736 g/mol. The first-order chi connectivity index (χ1) is 22.4. The predicted molar refractivity (Wildman–Crippen MR) is 213 cm³/mol. The topological polar surface area (TPSA) is 77.4 Å². The molecule has 0 aliphatic carbocycles. The van der Waals surface area contributed by atoms with Crippen molar-refractivity contribution in [2.24, 2.45) is 0 Å². The molecular formula is C36H60O6S2Si3. The van der Waals surface area contributed by atoms with Gasteiger partial charge in [0.1, 0.15) is 0 Å². The van der Waals surface area contributed by atoms with E-state index in [0.717, 1.165) is 36.4 Å². The standard InChI is InChI=1S/C36H60O6S2Si3/c1-45(2,27-15-23-39-29-35(37)31-43-25-13-21-33-17-9-7-10-18-33)41-47(5,6)42-46(3,4)28-16-24-40-30-36(38)32-44-26-14-22-34-19-11-8-12-20-34/h7-14,17-22,35-38H,15-16,23-32H2,1-6H3. The zero-order valence-corrected chi connectivity index (χ0v) is 34.2. The molecule has 0 saturated heterocycles. The second-order valence-electron chi connectivity index (χ2n) is 13.5. The average Bonchev–Trinajstić information content (AvgIpc) is 3.00. The van der Waals surface area contributed by atoms with Gasteiger partial charge in [0.25, 0.3) is 0 Å². The maximum absolute atomic E-state index is 10.3. The molecular weight excluding hydrogens is 677 g/mol. The Morgan fingerprint density at radius 1 is 0.617 bits per heavy atom. The first-order valence-electron chi connectivity index (χ1n) is 16.9. The number of rotatable bonds is 26. The van der Waals surface area contributed by atoms with Gasteiger partial charge in [0.15, 0.2) is 16.6 Å². The van der Waals surface area contributed by atoms with Gasteiger partial charge in [-0.2, -0.15) is 23.5 Å². The molecule has 6 nitrogen and oxygen atoms in total. The van der Waals surface area contributed by atoms with Crippen molar-refractivity contribution < 1.29 is 27.9 Å². The fraction of sp³-hybridized carbons (Fsp3) is 0.556. The van der Waals surface area contributed by atoms with E-state index in [2.05, 4.69) is 87.9 Å². The maximum Gasteiger partial charge on any atom is 0.311 e. The van der Waals surface area contributed by atoms with Crippen molar-refractivity contribution >= 4 is 60.9 Å². The van der Waals surface area contributed by atoms with Gasteiger partial charge in [-0.25, -0.2) is 0 Å². The molecule has 2 atom stereocenters. The Morgan fingerprint density at radius 2 is 1.00 bits per heavy atom. The lowest BCUT2D eigenvalue weighted by Crippen LogP contribution is -2.52. The van der Waals surface area contributed by atoms with Crippen LogP contribution in [0.4, 0.5) is 0 Å². The van der Waals surface area contributed by atoms with Crippen LogP contribution in [-0.4, -0.2) is 97.1 Å². The third-order valence-electron chi connectivity index (χ3n) is 7.07. The number of thioether (sulfide) groups is 2. The zero-order chi connectivity index (χ0) is 34.4. The fourth-order valence-electron chi connectivity index (χ4n) is 5.23.